The summed E-state index contributed by atoms with van der Waals surface area (Å²) in [6.07, 6.45) is 4.73. The number of ether oxygens (including phenoxy) is 1. The summed E-state index contributed by atoms with van der Waals surface area (Å²) in [5, 5.41) is 12.5. The number of carbonyl (C=O) groups excluding carboxylic acids is 2. The molecule has 1 aliphatic heterocycles. The van der Waals surface area contributed by atoms with Crippen LogP contribution in [0.3, 0.4) is 0 Å². The number of amides is 2. The van der Waals surface area contributed by atoms with Crippen LogP contribution < -0.4 is 5.32 Å². The van der Waals surface area contributed by atoms with Crippen molar-refractivity contribution < 1.29 is 24.2 Å². The lowest BCUT2D eigenvalue weighted by molar-refractivity contribution is -0.154. The molecule has 7 nitrogen and oxygen atoms in total. The van der Waals surface area contributed by atoms with Gasteiger partial charge in [0.05, 0.1) is 5.92 Å². The first-order chi connectivity index (χ1) is 17.0. The lowest BCUT2D eigenvalue weighted by Gasteiger charge is -2.39. The molecule has 5 rings (SSSR count). The minimum Gasteiger partial charge on any atom is -0.480 e. The van der Waals surface area contributed by atoms with Gasteiger partial charge in [-0.15, -0.1) is 0 Å². The second-order valence-electron chi connectivity index (χ2n) is 9.85. The number of carboxylic acid groups (broad SMARTS) is 1. The Kier molecular flexibility index (Phi) is 6.75. The van der Waals surface area contributed by atoms with Gasteiger partial charge in [0.15, 0.2) is 0 Å². The Hall–Kier alpha value is -3.35. The molecule has 0 radical (unpaired) electrons. The van der Waals surface area contributed by atoms with Gasteiger partial charge >= 0.3 is 12.1 Å². The second-order valence-corrected chi connectivity index (χ2v) is 9.85. The monoisotopic (exact) mass is 476 g/mol. The number of piperidine rings is 1. The van der Waals surface area contributed by atoms with Gasteiger partial charge in [0, 0.05) is 18.5 Å². The molecule has 1 unspecified atom stereocenters. The van der Waals surface area contributed by atoms with Gasteiger partial charge < -0.3 is 20.1 Å². The zero-order valence-electron chi connectivity index (χ0n) is 19.8. The van der Waals surface area contributed by atoms with Crippen LogP contribution >= 0.6 is 0 Å². The molecule has 35 heavy (non-hydrogen) atoms. The van der Waals surface area contributed by atoms with E-state index in [2.05, 4.69) is 29.6 Å². The fraction of sp³-hybridized carbons (Fsp3) is 0.464. The fourth-order valence-corrected chi connectivity index (χ4v) is 6.06. The number of nitrogens with one attached hydrogen (secondary N) is 1. The smallest absolute Gasteiger partial charge is 0.407 e. The van der Waals surface area contributed by atoms with Gasteiger partial charge in [-0.1, -0.05) is 61.4 Å². The summed E-state index contributed by atoms with van der Waals surface area (Å²) in [5.74, 6) is -1.54. The molecule has 1 heterocycles. The van der Waals surface area contributed by atoms with Crippen molar-refractivity contribution in [3.05, 3.63) is 59.7 Å². The molecule has 7 heteroatoms. The van der Waals surface area contributed by atoms with Crippen LogP contribution in [0.4, 0.5) is 4.79 Å². The predicted molar refractivity (Wildman–Crippen MR) is 131 cm³/mol. The number of likely N-dealkylation sites (tertiary alicyclic amines) is 1. The number of hydrogen-bond acceptors (Lipinski definition) is 4. The number of benzene rings is 2. The van der Waals surface area contributed by atoms with E-state index in [9.17, 15) is 19.5 Å². The van der Waals surface area contributed by atoms with E-state index in [0.717, 1.165) is 36.8 Å². The molecule has 2 fully saturated rings. The van der Waals surface area contributed by atoms with Crippen molar-refractivity contribution in [2.45, 2.75) is 62.9 Å². The lowest BCUT2D eigenvalue weighted by Crippen LogP contribution is -2.55. The summed E-state index contributed by atoms with van der Waals surface area (Å²) in [6, 6.07) is 15.3. The molecular weight excluding hydrogens is 444 g/mol. The Bertz CT molecular complexity index is 1070. The van der Waals surface area contributed by atoms with Gasteiger partial charge in [0.1, 0.15) is 12.6 Å². The first-order valence-corrected chi connectivity index (χ1v) is 12.7. The molecule has 2 N–H and O–H groups in total. The molecule has 0 bridgehead atoms. The van der Waals surface area contributed by atoms with Gasteiger partial charge in [-0.2, -0.15) is 0 Å². The van der Waals surface area contributed by atoms with Crippen LogP contribution in [0.25, 0.3) is 11.1 Å². The molecule has 0 spiro atoms. The normalized spacial score (nSPS) is 23.8. The zero-order valence-corrected chi connectivity index (χ0v) is 19.8. The van der Waals surface area contributed by atoms with Crippen LogP contribution in [0.15, 0.2) is 48.5 Å². The summed E-state index contributed by atoms with van der Waals surface area (Å²) in [7, 11) is 0. The molecule has 3 aliphatic rings. The molecular formula is C28H32N2O5. The number of hydrogen-bond donors (Lipinski definition) is 2. The highest BCUT2D eigenvalue weighted by Crippen LogP contribution is 2.44. The van der Waals surface area contributed by atoms with Crippen LogP contribution in [0.5, 0.6) is 0 Å². The van der Waals surface area contributed by atoms with Crippen LogP contribution in [-0.4, -0.2) is 53.2 Å². The second kappa shape index (κ2) is 10.1. The van der Waals surface area contributed by atoms with Crippen LogP contribution in [0.2, 0.25) is 0 Å². The highest BCUT2D eigenvalue weighted by molar-refractivity contribution is 5.86. The highest BCUT2D eigenvalue weighted by Gasteiger charge is 2.40. The number of carbonyl (C=O) groups is 3. The van der Waals surface area contributed by atoms with E-state index < -0.39 is 24.0 Å². The number of carboxylic acids is 1. The Morgan fingerprint density at radius 2 is 1.51 bits per heavy atom. The van der Waals surface area contributed by atoms with Gasteiger partial charge in [0.2, 0.25) is 5.91 Å². The molecule has 2 aromatic rings. The maximum Gasteiger partial charge on any atom is 0.407 e. The van der Waals surface area contributed by atoms with E-state index in [-0.39, 0.29) is 24.5 Å². The molecule has 2 aromatic carbocycles. The summed E-state index contributed by atoms with van der Waals surface area (Å²) in [5.41, 5.74) is 4.64. The zero-order chi connectivity index (χ0) is 24.4. The summed E-state index contributed by atoms with van der Waals surface area (Å²) >= 11 is 0. The van der Waals surface area contributed by atoms with Crippen molar-refractivity contribution in [1.82, 2.24) is 10.2 Å². The van der Waals surface area contributed by atoms with Gasteiger partial charge in [0.25, 0.3) is 0 Å². The van der Waals surface area contributed by atoms with E-state index in [0.29, 0.717) is 25.8 Å². The number of aliphatic carboxylic acids is 1. The topological polar surface area (TPSA) is 95.9 Å². The fourth-order valence-electron chi connectivity index (χ4n) is 6.06. The SMILES string of the molecule is O=C(N[C@H]1CCCC[C@H]1C(=O)N1CCCCC1C(=O)O)OCC1c2ccccc2-c2ccccc21. The number of alkyl carbamates (subject to hydrolysis) is 1. The number of fused-ring (bicyclic) bond motifs is 3. The van der Waals surface area contributed by atoms with Crippen LogP contribution in [0.1, 0.15) is 62.0 Å². The third-order valence-electron chi connectivity index (χ3n) is 7.80. The average molecular weight is 477 g/mol. The molecule has 184 valence electrons. The maximum atomic E-state index is 13.4. The summed E-state index contributed by atoms with van der Waals surface area (Å²) < 4.78 is 5.71. The summed E-state index contributed by atoms with van der Waals surface area (Å²) in [6.45, 7) is 0.683. The van der Waals surface area contributed by atoms with Crippen molar-refractivity contribution in [2.75, 3.05) is 13.2 Å². The predicted octanol–water partition coefficient (Wildman–Crippen LogP) is 4.55. The van der Waals surface area contributed by atoms with E-state index in [1.807, 2.05) is 24.3 Å². The number of rotatable bonds is 5. The molecule has 3 atom stereocenters. The first kappa shape index (κ1) is 23.4. The molecule has 1 saturated heterocycles. The van der Waals surface area contributed by atoms with Crippen molar-refractivity contribution in [3.63, 3.8) is 0 Å². The quantitative estimate of drug-likeness (QED) is 0.660. The van der Waals surface area contributed by atoms with Crippen LogP contribution in [-0.2, 0) is 14.3 Å². The molecule has 2 amide bonds. The Balaban J connectivity index is 1.25. The van der Waals surface area contributed by atoms with E-state index in [1.54, 1.807) is 0 Å². The van der Waals surface area contributed by atoms with E-state index in [1.165, 1.54) is 16.0 Å². The van der Waals surface area contributed by atoms with Crippen LogP contribution in [0, 0.1) is 5.92 Å². The first-order valence-electron chi connectivity index (χ1n) is 12.7. The van der Waals surface area contributed by atoms with Gasteiger partial charge in [-0.05, 0) is 54.4 Å². The Morgan fingerprint density at radius 3 is 2.20 bits per heavy atom. The third kappa shape index (κ3) is 4.64. The van der Waals surface area contributed by atoms with Crippen molar-refractivity contribution in [3.8, 4) is 11.1 Å². The van der Waals surface area contributed by atoms with E-state index >= 15 is 0 Å². The third-order valence-corrected chi connectivity index (χ3v) is 7.80. The van der Waals surface area contributed by atoms with Gasteiger partial charge in [-0.3, -0.25) is 4.79 Å². The largest absolute Gasteiger partial charge is 0.480 e. The Morgan fingerprint density at radius 1 is 0.886 bits per heavy atom. The average Bonchev–Trinajstić information content (AvgIpc) is 3.21. The van der Waals surface area contributed by atoms with Crippen molar-refractivity contribution >= 4 is 18.0 Å². The molecule has 0 aromatic heterocycles. The maximum absolute atomic E-state index is 13.4. The van der Waals surface area contributed by atoms with Crippen molar-refractivity contribution in [1.29, 1.82) is 0 Å². The summed E-state index contributed by atoms with van der Waals surface area (Å²) in [4.78, 5) is 39.5. The minimum atomic E-state index is -0.949. The van der Waals surface area contributed by atoms with Crippen molar-refractivity contribution in [2.24, 2.45) is 5.92 Å². The van der Waals surface area contributed by atoms with E-state index in [4.69, 9.17) is 4.74 Å². The highest BCUT2D eigenvalue weighted by atomic mass is 16.5. The molecule has 2 aliphatic carbocycles. The minimum absolute atomic E-state index is 0.0263. The molecule has 1 saturated carbocycles. The Labute approximate surface area is 205 Å². The lowest BCUT2D eigenvalue weighted by atomic mass is 9.82. The number of nitrogens with zero attached hydrogens (tertiary/aromatic N) is 1. The van der Waals surface area contributed by atoms with Gasteiger partial charge in [-0.25, -0.2) is 9.59 Å². The standard InChI is InChI=1S/C28H32N2O5/c31-26(30-16-8-7-15-25(30)27(32)33)22-13-5-6-14-24(22)29-28(34)35-17-23-20-11-3-1-9-18(20)19-10-2-4-12-21(19)23/h1-4,9-12,22-25H,5-8,13-17H2,(H,29,34)(H,32,33)/t22-,24+,25?/m1/s1.